The number of unbranched alkanes of at least 4 members (excludes halogenated alkanes) is 6. The van der Waals surface area contributed by atoms with Gasteiger partial charge in [-0.05, 0) is 170 Å². The Morgan fingerprint density at radius 2 is 1.30 bits per heavy atom. The minimum atomic E-state index is -0.877. The molecule has 0 spiro atoms. The summed E-state index contributed by atoms with van der Waals surface area (Å²) in [6.07, 6.45) is 40.1. The van der Waals surface area contributed by atoms with E-state index in [9.17, 15) is 19.2 Å². The highest BCUT2D eigenvalue weighted by molar-refractivity contribution is 5.71. The van der Waals surface area contributed by atoms with E-state index in [-0.39, 0.29) is 68.3 Å². The molecule has 4 rings (SSSR count). The monoisotopic (exact) mass is 962 g/mol. The third-order valence-electron chi connectivity index (χ3n) is 16.7. The van der Waals surface area contributed by atoms with Crippen LogP contribution in [0.4, 0.5) is 0 Å². The fraction of sp³-hybridized carbons (Fsp3) is 0.800. The lowest BCUT2D eigenvalue weighted by molar-refractivity contribution is -0.167. The second-order valence-corrected chi connectivity index (χ2v) is 22.8. The molecular formula is C60H99NO8. The molecule has 69 heavy (non-hydrogen) atoms. The summed E-state index contributed by atoms with van der Waals surface area (Å²) in [6, 6.07) is 0. The lowest BCUT2D eigenvalue weighted by Crippen LogP contribution is -2.51. The van der Waals surface area contributed by atoms with Gasteiger partial charge in [-0.2, -0.15) is 0 Å². The quantitative estimate of drug-likeness (QED) is 0.0275. The van der Waals surface area contributed by atoms with Crippen molar-refractivity contribution in [1.29, 1.82) is 0 Å². The van der Waals surface area contributed by atoms with E-state index in [1.165, 1.54) is 56.9 Å². The number of allylic oxidation sites excluding steroid dienone is 7. The number of nitrogens with zero attached hydrogens (tertiary/aromatic N) is 1. The van der Waals surface area contributed by atoms with Gasteiger partial charge in [-0.3, -0.25) is 19.2 Å². The standard InChI is InChI=1S/C60H99NO8/c1-9-10-11-12-13-14-15-16-17-18-19-20-21-22-23-31-58(65)69-50(45-67-56(63)33-27-42-61(7)8)44-66-55(62)30-24-25-32-57(64)68-49-38-40-59(5)48(43-49)34-35-51-53-37-36-52(47(4)29-26-28-46(2)3)60(53,6)41-39-54(51)59/h10-11,13-14,16-17,34,46-47,49-54H,9,12,15,18-33,35-45H2,1-8H3/b11-10-,14-13-,17-16-/t47-,49+,50?,51+,52-,53+,54+,59+,60-/m1/s1. The Labute approximate surface area is 420 Å². The Kier molecular flexibility index (Phi) is 26.5. The minimum absolute atomic E-state index is 0.0786. The van der Waals surface area contributed by atoms with Crippen LogP contribution in [0, 0.1) is 46.3 Å². The first-order valence-corrected chi connectivity index (χ1v) is 28.2. The van der Waals surface area contributed by atoms with Crippen molar-refractivity contribution in [2.24, 2.45) is 46.3 Å². The molecule has 3 saturated carbocycles. The van der Waals surface area contributed by atoms with Crippen molar-refractivity contribution >= 4 is 23.9 Å². The predicted octanol–water partition coefficient (Wildman–Crippen LogP) is 14.4. The lowest BCUT2D eigenvalue weighted by atomic mass is 9.47. The second-order valence-electron chi connectivity index (χ2n) is 22.8. The third-order valence-corrected chi connectivity index (χ3v) is 16.7. The minimum Gasteiger partial charge on any atom is -0.462 e. The molecule has 9 heteroatoms. The van der Waals surface area contributed by atoms with Gasteiger partial charge in [-0.25, -0.2) is 0 Å². The fourth-order valence-corrected chi connectivity index (χ4v) is 12.8. The molecule has 0 bridgehead atoms. The van der Waals surface area contributed by atoms with Crippen LogP contribution >= 0.6 is 0 Å². The summed E-state index contributed by atoms with van der Waals surface area (Å²) in [5, 5.41) is 0. The van der Waals surface area contributed by atoms with Crippen LogP contribution in [0.15, 0.2) is 48.1 Å². The molecule has 1 unspecified atom stereocenters. The zero-order valence-corrected chi connectivity index (χ0v) is 45.1. The van der Waals surface area contributed by atoms with Gasteiger partial charge in [0.05, 0.1) is 0 Å². The second kappa shape index (κ2) is 31.3. The van der Waals surface area contributed by atoms with Gasteiger partial charge in [0.15, 0.2) is 6.10 Å². The maximum absolute atomic E-state index is 13.1. The first-order valence-electron chi connectivity index (χ1n) is 28.2. The molecule has 0 heterocycles. The summed E-state index contributed by atoms with van der Waals surface area (Å²) in [7, 11) is 3.90. The van der Waals surface area contributed by atoms with Gasteiger partial charge < -0.3 is 23.8 Å². The third kappa shape index (κ3) is 20.1. The Morgan fingerprint density at radius 3 is 2.00 bits per heavy atom. The predicted molar refractivity (Wildman–Crippen MR) is 280 cm³/mol. The number of rotatable bonds is 33. The molecule has 0 amide bonds. The molecule has 0 radical (unpaired) electrons. The summed E-state index contributed by atoms with van der Waals surface area (Å²) < 4.78 is 22.7. The van der Waals surface area contributed by atoms with E-state index in [4.69, 9.17) is 18.9 Å². The van der Waals surface area contributed by atoms with Crippen LogP contribution in [0.5, 0.6) is 0 Å². The first-order chi connectivity index (χ1) is 33.2. The summed E-state index contributed by atoms with van der Waals surface area (Å²) in [4.78, 5) is 53.1. The number of hydrogen-bond acceptors (Lipinski definition) is 9. The molecular weight excluding hydrogens is 863 g/mol. The van der Waals surface area contributed by atoms with Crippen molar-refractivity contribution in [2.45, 2.75) is 227 Å². The Morgan fingerprint density at radius 1 is 0.681 bits per heavy atom. The van der Waals surface area contributed by atoms with Crippen LogP contribution in [0.2, 0.25) is 0 Å². The van der Waals surface area contributed by atoms with E-state index in [0.717, 1.165) is 113 Å². The van der Waals surface area contributed by atoms with E-state index < -0.39 is 12.1 Å². The van der Waals surface area contributed by atoms with Crippen LogP contribution in [-0.2, 0) is 38.1 Å². The average molecular weight is 962 g/mol. The maximum Gasteiger partial charge on any atom is 0.306 e. The number of hydrogen-bond donors (Lipinski definition) is 0. The molecule has 4 aliphatic carbocycles. The van der Waals surface area contributed by atoms with Crippen LogP contribution in [0.3, 0.4) is 0 Å². The van der Waals surface area contributed by atoms with E-state index in [0.29, 0.717) is 31.1 Å². The van der Waals surface area contributed by atoms with Gasteiger partial charge in [-0.15, -0.1) is 0 Å². The zero-order valence-electron chi connectivity index (χ0n) is 45.1. The highest BCUT2D eigenvalue weighted by Gasteiger charge is 2.59. The molecule has 9 atom stereocenters. The SMILES string of the molecule is CC/C=C\C/C=C\C/C=C\CCCCCCCC(=O)OC(COC(=O)CCCCC(=O)O[C@H]1CC[C@@]2(C)C(=CC[C@H]3[C@@H]4CC[C@H]([C@H](C)CCCC(C)C)[C@@]4(C)CC[C@@H]32)C1)COC(=O)CCCN(C)C. The molecule has 9 nitrogen and oxygen atoms in total. The van der Waals surface area contributed by atoms with E-state index in [2.05, 4.69) is 84.1 Å². The zero-order chi connectivity index (χ0) is 50.1. The molecule has 3 fully saturated rings. The maximum atomic E-state index is 13.1. The number of carbonyl (C=O) groups is 4. The van der Waals surface area contributed by atoms with Crippen molar-refractivity contribution in [1.82, 2.24) is 4.90 Å². The number of ether oxygens (including phenoxy) is 4. The van der Waals surface area contributed by atoms with E-state index >= 15 is 0 Å². The normalized spacial score (nSPS) is 26.5. The van der Waals surface area contributed by atoms with Gasteiger partial charge in [-0.1, -0.05) is 128 Å². The van der Waals surface area contributed by atoms with Crippen molar-refractivity contribution < 1.29 is 38.1 Å². The van der Waals surface area contributed by atoms with Crippen LogP contribution in [0.1, 0.15) is 215 Å². The van der Waals surface area contributed by atoms with Crippen LogP contribution < -0.4 is 0 Å². The van der Waals surface area contributed by atoms with Crippen LogP contribution in [0.25, 0.3) is 0 Å². The van der Waals surface area contributed by atoms with Crippen LogP contribution in [-0.4, -0.2) is 74.8 Å². The number of carbonyl (C=O) groups excluding carboxylic acids is 4. The summed E-state index contributed by atoms with van der Waals surface area (Å²) in [6.45, 7) is 15.0. The van der Waals surface area contributed by atoms with Crippen molar-refractivity contribution in [3.63, 3.8) is 0 Å². The molecule has 0 aromatic rings. The highest BCUT2D eigenvalue weighted by atomic mass is 16.6. The van der Waals surface area contributed by atoms with Gasteiger partial charge in [0.2, 0.25) is 0 Å². The largest absolute Gasteiger partial charge is 0.462 e. The van der Waals surface area contributed by atoms with Gasteiger partial charge in [0.25, 0.3) is 0 Å². The van der Waals surface area contributed by atoms with E-state index in [1.54, 1.807) is 0 Å². The topological polar surface area (TPSA) is 108 Å². The molecule has 0 aliphatic heterocycles. The number of fused-ring (bicyclic) bond motifs is 5. The molecule has 0 aromatic carbocycles. The lowest BCUT2D eigenvalue weighted by Gasteiger charge is -2.58. The highest BCUT2D eigenvalue weighted by Crippen LogP contribution is 2.67. The summed E-state index contributed by atoms with van der Waals surface area (Å²) in [5.41, 5.74) is 2.21. The van der Waals surface area contributed by atoms with E-state index in [1.807, 2.05) is 19.0 Å². The van der Waals surface area contributed by atoms with Crippen molar-refractivity contribution in [3.05, 3.63) is 48.1 Å². The van der Waals surface area contributed by atoms with Gasteiger partial charge in [0, 0.05) is 32.1 Å². The molecule has 392 valence electrons. The van der Waals surface area contributed by atoms with Crippen molar-refractivity contribution in [2.75, 3.05) is 33.9 Å². The van der Waals surface area contributed by atoms with Crippen molar-refractivity contribution in [3.8, 4) is 0 Å². The summed E-state index contributed by atoms with van der Waals surface area (Å²) in [5.74, 6) is 3.43. The number of esters is 4. The first kappa shape index (κ1) is 58.4. The smallest absolute Gasteiger partial charge is 0.306 e. The molecule has 0 saturated heterocycles. The molecule has 0 N–H and O–H groups in total. The summed E-state index contributed by atoms with van der Waals surface area (Å²) >= 11 is 0. The fourth-order valence-electron chi connectivity index (χ4n) is 12.8. The van der Waals surface area contributed by atoms with Gasteiger partial charge >= 0.3 is 23.9 Å². The molecule has 0 aromatic heterocycles. The Balaban J connectivity index is 1.13. The molecule has 4 aliphatic rings. The Hall–Kier alpha value is -3.20. The average Bonchev–Trinajstić information content (AvgIpc) is 3.67. The van der Waals surface area contributed by atoms with Gasteiger partial charge in [0.1, 0.15) is 19.3 Å². The Bertz CT molecular complexity index is 1660.